The number of urea groups is 1. The monoisotopic (exact) mass is 320 g/mol. The molecule has 0 bridgehead atoms. The highest BCUT2D eigenvalue weighted by atomic mass is 16.4. The Bertz CT molecular complexity index is 700. The average Bonchev–Trinajstić information content (AvgIpc) is 3.04. The lowest BCUT2D eigenvalue weighted by molar-refractivity contribution is 0.0364. The topological polar surface area (TPSA) is 92.3 Å². The maximum atomic E-state index is 12.1. The van der Waals surface area contributed by atoms with Gasteiger partial charge in [0, 0.05) is 6.54 Å². The Balaban J connectivity index is 1.99. The van der Waals surface area contributed by atoms with E-state index in [1.807, 2.05) is 25.5 Å². The molecule has 7 nitrogen and oxygen atoms in total. The summed E-state index contributed by atoms with van der Waals surface area (Å²) in [5.74, 6) is 1.13. The minimum Gasteiger partial charge on any atom is -0.463 e. The molecular formula is C16H24N4O3. The van der Waals surface area contributed by atoms with Crippen LogP contribution in [0.4, 0.5) is 10.5 Å². The van der Waals surface area contributed by atoms with Gasteiger partial charge in [0.05, 0.1) is 23.6 Å². The summed E-state index contributed by atoms with van der Waals surface area (Å²) >= 11 is 0. The van der Waals surface area contributed by atoms with Crippen molar-refractivity contribution >= 4 is 11.7 Å². The van der Waals surface area contributed by atoms with E-state index < -0.39 is 11.6 Å². The zero-order chi connectivity index (χ0) is 17.2. The fourth-order valence-electron chi connectivity index (χ4n) is 2.41. The summed E-state index contributed by atoms with van der Waals surface area (Å²) in [5.41, 5.74) is 1.07. The molecule has 2 heterocycles. The zero-order valence-corrected chi connectivity index (χ0v) is 14.2. The molecule has 0 radical (unpaired) electrons. The smallest absolute Gasteiger partial charge is 0.319 e. The molecular weight excluding hydrogens is 296 g/mol. The number of amides is 2. The number of hydrogen-bond acceptors (Lipinski definition) is 4. The maximum absolute atomic E-state index is 12.1. The predicted molar refractivity (Wildman–Crippen MR) is 87.4 cm³/mol. The first kappa shape index (κ1) is 17.1. The van der Waals surface area contributed by atoms with E-state index in [0.717, 1.165) is 17.9 Å². The lowest BCUT2D eigenvalue weighted by Gasteiger charge is -2.21. The van der Waals surface area contributed by atoms with Gasteiger partial charge in [0.15, 0.2) is 0 Å². The number of aliphatic hydroxyl groups is 1. The van der Waals surface area contributed by atoms with Crippen LogP contribution < -0.4 is 10.6 Å². The van der Waals surface area contributed by atoms with E-state index in [4.69, 9.17) is 4.42 Å². The Kier molecular flexibility index (Phi) is 4.79. The Morgan fingerprint density at radius 3 is 2.61 bits per heavy atom. The summed E-state index contributed by atoms with van der Waals surface area (Å²) in [6, 6.07) is 3.08. The van der Waals surface area contributed by atoms with Gasteiger partial charge in [-0.05, 0) is 46.8 Å². The van der Waals surface area contributed by atoms with Gasteiger partial charge in [0.1, 0.15) is 17.1 Å². The van der Waals surface area contributed by atoms with Gasteiger partial charge in [-0.2, -0.15) is 5.10 Å². The number of aromatic nitrogens is 2. The van der Waals surface area contributed by atoms with Crippen LogP contribution in [0.1, 0.15) is 36.8 Å². The fraction of sp³-hybridized carbons (Fsp3) is 0.500. The van der Waals surface area contributed by atoms with Crippen molar-refractivity contribution in [2.75, 3.05) is 11.9 Å². The van der Waals surface area contributed by atoms with Crippen LogP contribution in [-0.4, -0.2) is 27.5 Å². The number of aryl methyl sites for hydroxylation is 3. The third kappa shape index (κ3) is 3.73. The van der Waals surface area contributed by atoms with Gasteiger partial charge in [-0.1, -0.05) is 0 Å². The molecule has 0 fully saturated rings. The van der Waals surface area contributed by atoms with Crippen molar-refractivity contribution in [1.29, 1.82) is 0 Å². The van der Waals surface area contributed by atoms with Crippen LogP contribution in [0.3, 0.4) is 0 Å². The second kappa shape index (κ2) is 6.45. The number of anilines is 1. The predicted octanol–water partition coefficient (Wildman–Crippen LogP) is 2.45. The maximum Gasteiger partial charge on any atom is 0.319 e. The molecule has 0 aliphatic carbocycles. The first-order valence-corrected chi connectivity index (χ1v) is 7.62. The van der Waals surface area contributed by atoms with Crippen molar-refractivity contribution in [2.45, 2.75) is 46.8 Å². The van der Waals surface area contributed by atoms with Crippen LogP contribution in [0.2, 0.25) is 0 Å². The summed E-state index contributed by atoms with van der Waals surface area (Å²) in [5, 5.41) is 20.2. The molecule has 0 saturated heterocycles. The van der Waals surface area contributed by atoms with Crippen LogP contribution in [0.25, 0.3) is 0 Å². The minimum atomic E-state index is -1.27. The van der Waals surface area contributed by atoms with Crippen molar-refractivity contribution in [2.24, 2.45) is 0 Å². The molecule has 7 heteroatoms. The molecule has 0 aromatic carbocycles. The molecule has 2 aromatic heterocycles. The number of furan rings is 1. The van der Waals surface area contributed by atoms with Crippen molar-refractivity contribution < 1.29 is 14.3 Å². The van der Waals surface area contributed by atoms with Gasteiger partial charge in [0.2, 0.25) is 0 Å². The third-order valence-electron chi connectivity index (χ3n) is 3.78. The Labute approximate surface area is 135 Å². The van der Waals surface area contributed by atoms with Crippen LogP contribution in [0.15, 0.2) is 16.5 Å². The summed E-state index contributed by atoms with van der Waals surface area (Å²) in [7, 11) is 0. The molecule has 2 amide bonds. The quantitative estimate of drug-likeness (QED) is 0.789. The van der Waals surface area contributed by atoms with E-state index in [-0.39, 0.29) is 6.54 Å². The zero-order valence-electron chi connectivity index (χ0n) is 14.2. The van der Waals surface area contributed by atoms with E-state index in [9.17, 15) is 9.90 Å². The minimum absolute atomic E-state index is 0.0335. The molecule has 23 heavy (non-hydrogen) atoms. The van der Waals surface area contributed by atoms with Crippen molar-refractivity contribution in [1.82, 2.24) is 15.1 Å². The second-order valence-electron chi connectivity index (χ2n) is 5.85. The van der Waals surface area contributed by atoms with Gasteiger partial charge in [0.25, 0.3) is 0 Å². The van der Waals surface area contributed by atoms with E-state index in [2.05, 4.69) is 15.7 Å². The Morgan fingerprint density at radius 1 is 1.39 bits per heavy atom. The lowest BCUT2D eigenvalue weighted by Crippen LogP contribution is -2.40. The third-order valence-corrected chi connectivity index (χ3v) is 3.78. The van der Waals surface area contributed by atoms with Gasteiger partial charge in [-0.3, -0.25) is 4.68 Å². The standard InChI is InChI=1S/C16H24N4O3/c1-6-20-12(4)14(11(3)19-20)18-15(21)17-9-16(5,22)13-8-7-10(2)23-13/h7-8,22H,6,9H2,1-5H3,(H2,17,18,21). The average molecular weight is 320 g/mol. The fourth-order valence-corrected chi connectivity index (χ4v) is 2.41. The molecule has 0 spiro atoms. The number of carbonyl (C=O) groups is 1. The van der Waals surface area contributed by atoms with E-state index in [1.165, 1.54) is 0 Å². The van der Waals surface area contributed by atoms with Crippen molar-refractivity contribution in [3.05, 3.63) is 35.0 Å². The molecule has 126 valence electrons. The summed E-state index contributed by atoms with van der Waals surface area (Å²) < 4.78 is 7.25. The highest BCUT2D eigenvalue weighted by Crippen LogP contribution is 2.22. The molecule has 1 atom stereocenters. The van der Waals surface area contributed by atoms with Crippen molar-refractivity contribution in [3.63, 3.8) is 0 Å². The Hall–Kier alpha value is -2.28. The molecule has 0 saturated carbocycles. The second-order valence-corrected chi connectivity index (χ2v) is 5.85. The first-order valence-electron chi connectivity index (χ1n) is 7.62. The van der Waals surface area contributed by atoms with Crippen LogP contribution in [-0.2, 0) is 12.1 Å². The summed E-state index contributed by atoms with van der Waals surface area (Å²) in [6.07, 6.45) is 0. The van der Waals surface area contributed by atoms with Crippen LogP contribution in [0.5, 0.6) is 0 Å². The summed E-state index contributed by atoms with van der Waals surface area (Å²) in [6.45, 7) is 9.91. The molecule has 3 N–H and O–H groups in total. The van der Waals surface area contributed by atoms with Gasteiger partial charge >= 0.3 is 6.03 Å². The molecule has 0 aliphatic heterocycles. The van der Waals surface area contributed by atoms with Gasteiger partial charge in [-0.25, -0.2) is 4.79 Å². The first-order chi connectivity index (χ1) is 10.7. The number of nitrogens with zero attached hydrogens (tertiary/aromatic N) is 2. The molecule has 2 aromatic rings. The van der Waals surface area contributed by atoms with Gasteiger partial charge in [-0.15, -0.1) is 0 Å². The summed E-state index contributed by atoms with van der Waals surface area (Å²) in [4.78, 5) is 12.1. The highest BCUT2D eigenvalue weighted by molar-refractivity contribution is 5.90. The normalized spacial score (nSPS) is 13.7. The number of carbonyl (C=O) groups excluding carboxylic acids is 1. The molecule has 2 rings (SSSR count). The molecule has 1 unspecified atom stereocenters. The number of hydrogen-bond donors (Lipinski definition) is 3. The van der Waals surface area contributed by atoms with E-state index >= 15 is 0 Å². The van der Waals surface area contributed by atoms with E-state index in [1.54, 1.807) is 26.0 Å². The van der Waals surface area contributed by atoms with Crippen LogP contribution >= 0.6 is 0 Å². The SMILES string of the molecule is CCn1nc(C)c(NC(=O)NCC(C)(O)c2ccc(C)o2)c1C. The van der Waals surface area contributed by atoms with Crippen molar-refractivity contribution in [3.8, 4) is 0 Å². The van der Waals surface area contributed by atoms with Gasteiger partial charge < -0.3 is 20.2 Å². The number of nitrogens with one attached hydrogen (secondary N) is 2. The van der Waals surface area contributed by atoms with Crippen LogP contribution in [0, 0.1) is 20.8 Å². The largest absolute Gasteiger partial charge is 0.463 e. The highest BCUT2D eigenvalue weighted by Gasteiger charge is 2.27. The number of rotatable bonds is 5. The van der Waals surface area contributed by atoms with E-state index in [0.29, 0.717) is 17.2 Å². The molecule has 0 aliphatic rings. The lowest BCUT2D eigenvalue weighted by atomic mass is 10.0. The Morgan fingerprint density at radius 2 is 2.09 bits per heavy atom.